The Morgan fingerprint density at radius 3 is 2.45 bits per heavy atom. The molecule has 20 heavy (non-hydrogen) atoms. The summed E-state index contributed by atoms with van der Waals surface area (Å²) in [7, 11) is 0. The number of ether oxygens (including phenoxy) is 1. The van der Waals surface area contributed by atoms with Gasteiger partial charge in [-0.05, 0) is 42.3 Å². The summed E-state index contributed by atoms with van der Waals surface area (Å²) >= 11 is 6.02. The van der Waals surface area contributed by atoms with Gasteiger partial charge in [-0.2, -0.15) is 0 Å². The molecule has 0 aliphatic carbocycles. The van der Waals surface area contributed by atoms with Crippen LogP contribution in [0.25, 0.3) is 0 Å². The number of carboxylic acid groups (broad SMARTS) is 1. The van der Waals surface area contributed by atoms with Gasteiger partial charge in [0.05, 0.1) is 10.6 Å². The molecule has 0 bridgehead atoms. The lowest BCUT2D eigenvalue weighted by Gasteiger charge is -2.09. The predicted molar refractivity (Wildman–Crippen MR) is 78.9 cm³/mol. The fraction of sp³-hybridized carbons (Fsp3) is 0.188. The van der Waals surface area contributed by atoms with E-state index in [4.69, 9.17) is 21.4 Å². The van der Waals surface area contributed by atoms with Crippen molar-refractivity contribution in [2.45, 2.75) is 19.8 Å². The second-order valence-electron chi connectivity index (χ2n) is 4.45. The van der Waals surface area contributed by atoms with Gasteiger partial charge in [-0.1, -0.05) is 37.1 Å². The number of hydrogen-bond acceptors (Lipinski definition) is 2. The van der Waals surface area contributed by atoms with Crippen molar-refractivity contribution in [1.29, 1.82) is 0 Å². The second kappa shape index (κ2) is 6.44. The number of hydrogen-bond donors (Lipinski definition) is 1. The van der Waals surface area contributed by atoms with Gasteiger partial charge in [-0.15, -0.1) is 0 Å². The lowest BCUT2D eigenvalue weighted by molar-refractivity contribution is 0.0697. The molecule has 4 heteroatoms. The van der Waals surface area contributed by atoms with Crippen LogP contribution in [0.1, 0.15) is 29.3 Å². The summed E-state index contributed by atoms with van der Waals surface area (Å²) in [6, 6.07) is 12.2. The van der Waals surface area contributed by atoms with Crippen molar-refractivity contribution in [3.05, 3.63) is 58.6 Å². The quantitative estimate of drug-likeness (QED) is 0.861. The average Bonchev–Trinajstić information content (AvgIpc) is 2.43. The van der Waals surface area contributed by atoms with Crippen LogP contribution < -0.4 is 4.74 Å². The molecule has 3 nitrogen and oxygen atoms in total. The number of benzene rings is 2. The first-order valence-electron chi connectivity index (χ1n) is 6.40. The van der Waals surface area contributed by atoms with Crippen molar-refractivity contribution >= 4 is 17.6 Å². The molecule has 0 fully saturated rings. The van der Waals surface area contributed by atoms with E-state index in [-0.39, 0.29) is 10.6 Å². The highest BCUT2D eigenvalue weighted by Crippen LogP contribution is 2.30. The number of rotatable bonds is 5. The molecule has 0 unspecified atom stereocenters. The first kappa shape index (κ1) is 14.4. The van der Waals surface area contributed by atoms with Crippen molar-refractivity contribution in [2.24, 2.45) is 0 Å². The van der Waals surface area contributed by atoms with E-state index in [9.17, 15) is 4.79 Å². The van der Waals surface area contributed by atoms with Crippen LogP contribution in [0.5, 0.6) is 11.5 Å². The van der Waals surface area contributed by atoms with Crippen molar-refractivity contribution in [3.63, 3.8) is 0 Å². The third-order valence-corrected chi connectivity index (χ3v) is 3.16. The Balaban J connectivity index is 2.15. The minimum Gasteiger partial charge on any atom is -0.478 e. The summed E-state index contributed by atoms with van der Waals surface area (Å²) < 4.78 is 5.65. The predicted octanol–water partition coefficient (Wildman–Crippen LogP) is 4.78. The van der Waals surface area contributed by atoms with E-state index in [0.29, 0.717) is 11.5 Å². The molecule has 0 heterocycles. The minimum atomic E-state index is -1.01. The molecule has 0 aromatic heterocycles. The van der Waals surface area contributed by atoms with Crippen LogP contribution in [0.3, 0.4) is 0 Å². The highest BCUT2D eigenvalue weighted by atomic mass is 35.5. The number of halogens is 1. The fourth-order valence-electron chi connectivity index (χ4n) is 1.86. The number of carbonyl (C=O) groups is 1. The zero-order valence-electron chi connectivity index (χ0n) is 11.1. The first-order valence-corrected chi connectivity index (χ1v) is 6.77. The zero-order chi connectivity index (χ0) is 14.5. The molecule has 0 aliphatic rings. The summed E-state index contributed by atoms with van der Waals surface area (Å²) in [5.41, 5.74) is 1.40. The summed E-state index contributed by atoms with van der Waals surface area (Å²) in [6.07, 6.45) is 2.14. The highest BCUT2D eigenvalue weighted by Gasteiger charge is 2.08. The van der Waals surface area contributed by atoms with E-state index < -0.39 is 5.97 Å². The van der Waals surface area contributed by atoms with Crippen molar-refractivity contribution in [1.82, 2.24) is 0 Å². The largest absolute Gasteiger partial charge is 0.478 e. The SMILES string of the molecule is CCCc1ccc(Oc2ccc(C(=O)O)cc2Cl)cc1. The van der Waals surface area contributed by atoms with E-state index in [1.165, 1.54) is 17.7 Å². The number of aryl methyl sites for hydroxylation is 1. The summed E-state index contributed by atoms with van der Waals surface area (Å²) in [5.74, 6) is 0.108. The summed E-state index contributed by atoms with van der Waals surface area (Å²) in [5, 5.41) is 9.15. The Labute approximate surface area is 122 Å². The summed E-state index contributed by atoms with van der Waals surface area (Å²) in [4.78, 5) is 10.8. The molecular formula is C16H15ClO3. The van der Waals surface area contributed by atoms with E-state index in [2.05, 4.69) is 6.92 Å². The van der Waals surface area contributed by atoms with Gasteiger partial charge in [0, 0.05) is 0 Å². The zero-order valence-corrected chi connectivity index (χ0v) is 11.9. The molecule has 104 valence electrons. The third kappa shape index (κ3) is 3.52. The van der Waals surface area contributed by atoms with Crippen LogP contribution >= 0.6 is 11.6 Å². The normalized spacial score (nSPS) is 10.3. The molecule has 0 saturated heterocycles. The van der Waals surface area contributed by atoms with E-state index >= 15 is 0 Å². The lowest BCUT2D eigenvalue weighted by Crippen LogP contribution is -1.96. The first-order chi connectivity index (χ1) is 9.60. The van der Waals surface area contributed by atoms with Crippen LogP contribution in [-0.2, 0) is 6.42 Å². The van der Waals surface area contributed by atoms with Crippen LogP contribution in [0.15, 0.2) is 42.5 Å². The van der Waals surface area contributed by atoms with Gasteiger partial charge in [0.2, 0.25) is 0 Å². The standard InChI is InChI=1S/C16H15ClO3/c1-2-3-11-4-7-13(8-5-11)20-15-9-6-12(16(18)19)10-14(15)17/h4-10H,2-3H2,1H3,(H,18,19). The van der Waals surface area contributed by atoms with Gasteiger partial charge in [-0.25, -0.2) is 4.79 Å². The van der Waals surface area contributed by atoms with Gasteiger partial charge >= 0.3 is 5.97 Å². The van der Waals surface area contributed by atoms with E-state index in [1.807, 2.05) is 24.3 Å². The van der Waals surface area contributed by atoms with Crippen molar-refractivity contribution < 1.29 is 14.6 Å². The fourth-order valence-corrected chi connectivity index (χ4v) is 2.08. The summed E-state index contributed by atoms with van der Waals surface area (Å²) in [6.45, 7) is 2.13. The molecule has 0 saturated carbocycles. The molecule has 2 aromatic rings. The van der Waals surface area contributed by atoms with Crippen LogP contribution in [0, 0.1) is 0 Å². The molecule has 2 rings (SSSR count). The molecule has 0 aliphatic heterocycles. The van der Waals surface area contributed by atoms with Gasteiger partial charge in [0.15, 0.2) is 0 Å². The second-order valence-corrected chi connectivity index (χ2v) is 4.85. The molecule has 0 spiro atoms. The molecule has 0 amide bonds. The Hall–Kier alpha value is -2.00. The Morgan fingerprint density at radius 2 is 1.90 bits per heavy atom. The van der Waals surface area contributed by atoms with Gasteiger partial charge in [-0.3, -0.25) is 0 Å². The Kier molecular flexibility index (Phi) is 4.64. The van der Waals surface area contributed by atoms with Crippen molar-refractivity contribution in [2.75, 3.05) is 0 Å². The van der Waals surface area contributed by atoms with E-state index in [1.54, 1.807) is 6.07 Å². The van der Waals surface area contributed by atoms with Crippen LogP contribution in [0.4, 0.5) is 0 Å². The maximum atomic E-state index is 10.8. The van der Waals surface area contributed by atoms with Gasteiger partial charge in [0.25, 0.3) is 0 Å². The monoisotopic (exact) mass is 290 g/mol. The number of aromatic carboxylic acids is 1. The topological polar surface area (TPSA) is 46.5 Å². The number of carboxylic acids is 1. The molecule has 2 aromatic carbocycles. The van der Waals surface area contributed by atoms with E-state index in [0.717, 1.165) is 12.8 Å². The van der Waals surface area contributed by atoms with Crippen molar-refractivity contribution in [3.8, 4) is 11.5 Å². The lowest BCUT2D eigenvalue weighted by atomic mass is 10.1. The smallest absolute Gasteiger partial charge is 0.335 e. The Morgan fingerprint density at radius 1 is 1.20 bits per heavy atom. The molecule has 0 radical (unpaired) electrons. The van der Waals surface area contributed by atoms with Gasteiger partial charge < -0.3 is 9.84 Å². The van der Waals surface area contributed by atoms with Crippen LogP contribution in [-0.4, -0.2) is 11.1 Å². The molecular weight excluding hydrogens is 276 g/mol. The highest BCUT2D eigenvalue weighted by molar-refractivity contribution is 6.32. The Bertz CT molecular complexity index is 606. The third-order valence-electron chi connectivity index (χ3n) is 2.87. The molecule has 1 N–H and O–H groups in total. The maximum Gasteiger partial charge on any atom is 0.335 e. The van der Waals surface area contributed by atoms with Crippen LogP contribution in [0.2, 0.25) is 5.02 Å². The van der Waals surface area contributed by atoms with Gasteiger partial charge in [0.1, 0.15) is 11.5 Å². The average molecular weight is 291 g/mol. The molecule has 0 atom stereocenters. The minimum absolute atomic E-state index is 0.139. The maximum absolute atomic E-state index is 10.8.